The summed E-state index contributed by atoms with van der Waals surface area (Å²) in [6.45, 7) is 3.73. The first-order chi connectivity index (χ1) is 11.9. The molecule has 1 saturated heterocycles. The van der Waals surface area contributed by atoms with Crippen molar-refractivity contribution in [2.24, 2.45) is 11.7 Å². The Kier molecular flexibility index (Phi) is 3.61. The van der Waals surface area contributed by atoms with Crippen molar-refractivity contribution < 1.29 is 4.39 Å². The van der Waals surface area contributed by atoms with E-state index in [-0.39, 0.29) is 11.4 Å². The van der Waals surface area contributed by atoms with Crippen molar-refractivity contribution in [1.82, 2.24) is 9.24 Å². The number of anilines is 1. The smallest absolute Gasteiger partial charge is 0.350 e. The second-order valence-electron chi connectivity index (χ2n) is 7.12. The first-order valence-corrected chi connectivity index (χ1v) is 8.64. The van der Waals surface area contributed by atoms with Gasteiger partial charge in [0.1, 0.15) is 5.82 Å². The molecule has 1 aromatic heterocycles. The Balaban J connectivity index is 2.01. The van der Waals surface area contributed by atoms with E-state index in [0.717, 1.165) is 19.3 Å². The van der Waals surface area contributed by atoms with Gasteiger partial charge in [-0.25, -0.2) is 9.18 Å². The molecule has 0 radical (unpaired) electrons. The quantitative estimate of drug-likeness (QED) is 0.785. The number of aromatic nitrogens is 2. The number of nitrogens with zero attached hydrogens (tertiary/aromatic N) is 3. The number of benzene rings is 1. The zero-order valence-electron chi connectivity index (χ0n) is 14.2. The van der Waals surface area contributed by atoms with Gasteiger partial charge in [0, 0.05) is 24.7 Å². The van der Waals surface area contributed by atoms with E-state index in [1.165, 1.54) is 6.07 Å². The van der Waals surface area contributed by atoms with Gasteiger partial charge in [-0.1, -0.05) is 0 Å². The molecule has 4 N–H and O–H groups in total. The summed E-state index contributed by atoms with van der Waals surface area (Å²) in [4.78, 5) is 26.9. The minimum Gasteiger partial charge on any atom is -0.369 e. The molecule has 134 valence electrons. The van der Waals surface area contributed by atoms with Crippen molar-refractivity contribution in [1.29, 1.82) is 0 Å². The van der Waals surface area contributed by atoms with E-state index in [9.17, 15) is 14.0 Å². The maximum absolute atomic E-state index is 14.9. The standard InChI is InChI=1S/C17H22FN5O2/c1-9-14-12(16(24)23(20)17(25)22(14)11-2-3-11)6-13(18)15(9)21-5-4-10(7-19)8-21/h6,10-11H,2-5,7-8,19-20H2,1H3/t10-/m0/s1. The van der Waals surface area contributed by atoms with Crippen LogP contribution in [0.3, 0.4) is 0 Å². The third kappa shape index (κ3) is 2.35. The number of halogens is 1. The normalized spacial score (nSPS) is 20.6. The maximum Gasteiger partial charge on any atom is 0.350 e. The number of fused-ring (bicyclic) bond motifs is 1. The molecule has 8 heteroatoms. The molecule has 2 aliphatic rings. The van der Waals surface area contributed by atoms with Gasteiger partial charge in [0.2, 0.25) is 0 Å². The molecular formula is C17H22FN5O2. The van der Waals surface area contributed by atoms with Crippen LogP contribution >= 0.6 is 0 Å². The number of rotatable bonds is 3. The molecule has 1 aliphatic carbocycles. The van der Waals surface area contributed by atoms with E-state index in [1.807, 2.05) is 4.90 Å². The van der Waals surface area contributed by atoms with Gasteiger partial charge in [-0.05, 0) is 44.7 Å². The fourth-order valence-electron chi connectivity index (χ4n) is 3.95. The van der Waals surface area contributed by atoms with Crippen LogP contribution in [-0.4, -0.2) is 28.9 Å². The SMILES string of the molecule is Cc1c(N2CC[C@@H](CN)C2)c(F)cc2c(=O)n(N)c(=O)n(C3CC3)c12. The van der Waals surface area contributed by atoms with Gasteiger partial charge >= 0.3 is 5.69 Å². The van der Waals surface area contributed by atoms with Crippen LogP contribution in [0.25, 0.3) is 10.9 Å². The highest BCUT2D eigenvalue weighted by Gasteiger charge is 2.32. The van der Waals surface area contributed by atoms with Crippen molar-refractivity contribution >= 4 is 16.6 Å². The highest BCUT2D eigenvalue weighted by atomic mass is 19.1. The van der Waals surface area contributed by atoms with E-state index < -0.39 is 17.1 Å². The second-order valence-corrected chi connectivity index (χ2v) is 7.12. The van der Waals surface area contributed by atoms with Gasteiger partial charge in [-0.3, -0.25) is 9.36 Å². The summed E-state index contributed by atoms with van der Waals surface area (Å²) in [5.41, 5.74) is 6.14. The summed E-state index contributed by atoms with van der Waals surface area (Å²) in [5, 5.41) is 0.155. The van der Waals surface area contributed by atoms with Crippen molar-refractivity contribution in [2.75, 3.05) is 30.4 Å². The lowest BCUT2D eigenvalue weighted by Gasteiger charge is -2.24. The highest BCUT2D eigenvalue weighted by molar-refractivity contribution is 5.87. The van der Waals surface area contributed by atoms with E-state index >= 15 is 0 Å². The molecule has 1 aliphatic heterocycles. The van der Waals surface area contributed by atoms with Gasteiger partial charge < -0.3 is 16.5 Å². The predicted octanol–water partition coefficient (Wildman–Crippen LogP) is 0.444. The molecule has 2 aromatic rings. The Morgan fingerprint density at radius 3 is 2.60 bits per heavy atom. The zero-order chi connectivity index (χ0) is 17.9. The monoisotopic (exact) mass is 347 g/mol. The Labute approximate surface area is 143 Å². The fraction of sp³-hybridized carbons (Fsp3) is 0.529. The van der Waals surface area contributed by atoms with Crippen LogP contribution in [0, 0.1) is 18.7 Å². The molecule has 0 spiro atoms. The van der Waals surface area contributed by atoms with E-state index in [1.54, 1.807) is 11.5 Å². The van der Waals surface area contributed by atoms with Crippen LogP contribution < -0.4 is 27.7 Å². The number of hydrogen-bond donors (Lipinski definition) is 2. The van der Waals surface area contributed by atoms with Gasteiger partial charge in [0.25, 0.3) is 5.56 Å². The van der Waals surface area contributed by atoms with Crippen LogP contribution in [0.15, 0.2) is 15.7 Å². The van der Waals surface area contributed by atoms with Gasteiger partial charge in [-0.15, -0.1) is 0 Å². The lowest BCUT2D eigenvalue weighted by molar-refractivity contribution is 0.596. The number of nitrogens with two attached hydrogens (primary N) is 2. The Hall–Kier alpha value is -2.35. The van der Waals surface area contributed by atoms with Crippen LogP contribution in [-0.2, 0) is 0 Å². The minimum absolute atomic E-state index is 0.0257. The van der Waals surface area contributed by atoms with Crippen LogP contribution in [0.1, 0.15) is 30.9 Å². The highest BCUT2D eigenvalue weighted by Crippen LogP contribution is 2.39. The summed E-state index contributed by atoms with van der Waals surface area (Å²) in [7, 11) is 0. The Morgan fingerprint density at radius 1 is 1.28 bits per heavy atom. The average molecular weight is 347 g/mol. The minimum atomic E-state index is -0.660. The van der Waals surface area contributed by atoms with Gasteiger partial charge in [0.05, 0.1) is 16.6 Å². The van der Waals surface area contributed by atoms with Crippen molar-refractivity contribution in [2.45, 2.75) is 32.2 Å². The predicted molar refractivity (Wildman–Crippen MR) is 95.0 cm³/mol. The van der Waals surface area contributed by atoms with Crippen molar-refractivity contribution in [3.8, 4) is 0 Å². The lowest BCUT2D eigenvalue weighted by Crippen LogP contribution is -2.44. The number of nitrogen functional groups attached to an aromatic ring is 1. The van der Waals surface area contributed by atoms with Crippen molar-refractivity contribution in [3.63, 3.8) is 0 Å². The second kappa shape index (κ2) is 5.59. The average Bonchev–Trinajstić information content (AvgIpc) is 3.31. The molecule has 2 heterocycles. The van der Waals surface area contributed by atoms with E-state index in [4.69, 9.17) is 11.6 Å². The summed E-state index contributed by atoms with van der Waals surface area (Å²) in [6.07, 6.45) is 2.63. The first kappa shape index (κ1) is 16.1. The third-order valence-corrected chi connectivity index (χ3v) is 5.41. The molecule has 1 atom stereocenters. The zero-order valence-corrected chi connectivity index (χ0v) is 14.2. The summed E-state index contributed by atoms with van der Waals surface area (Å²) in [5.74, 6) is 5.51. The lowest BCUT2D eigenvalue weighted by atomic mass is 10.1. The molecular weight excluding hydrogens is 325 g/mol. The fourth-order valence-corrected chi connectivity index (χ4v) is 3.95. The van der Waals surface area contributed by atoms with Gasteiger partial charge in [0.15, 0.2) is 0 Å². The number of aryl methyl sites for hydroxylation is 1. The Morgan fingerprint density at radius 2 is 2.00 bits per heavy atom. The molecule has 0 unspecified atom stereocenters. The molecule has 7 nitrogen and oxygen atoms in total. The molecule has 1 aromatic carbocycles. The molecule has 25 heavy (non-hydrogen) atoms. The summed E-state index contributed by atoms with van der Waals surface area (Å²) in [6, 6.07) is 1.25. The Bertz CT molecular complexity index is 976. The van der Waals surface area contributed by atoms with Gasteiger partial charge in [-0.2, -0.15) is 4.68 Å². The van der Waals surface area contributed by atoms with Crippen LogP contribution in [0.4, 0.5) is 10.1 Å². The summed E-state index contributed by atoms with van der Waals surface area (Å²) >= 11 is 0. The first-order valence-electron chi connectivity index (χ1n) is 8.64. The number of hydrogen-bond acceptors (Lipinski definition) is 5. The van der Waals surface area contributed by atoms with Crippen molar-refractivity contribution in [3.05, 3.63) is 38.3 Å². The summed E-state index contributed by atoms with van der Waals surface area (Å²) < 4.78 is 17.0. The molecule has 1 saturated carbocycles. The molecule has 0 bridgehead atoms. The van der Waals surface area contributed by atoms with E-state index in [2.05, 4.69) is 0 Å². The molecule has 4 rings (SSSR count). The van der Waals surface area contributed by atoms with E-state index in [0.29, 0.717) is 47.0 Å². The van der Waals surface area contributed by atoms with Crippen LogP contribution in [0.2, 0.25) is 0 Å². The third-order valence-electron chi connectivity index (χ3n) is 5.41. The maximum atomic E-state index is 14.9. The van der Waals surface area contributed by atoms with Crippen LogP contribution in [0.5, 0.6) is 0 Å². The molecule has 2 fully saturated rings. The molecule has 0 amide bonds. The largest absolute Gasteiger partial charge is 0.369 e. The topological polar surface area (TPSA) is 99.3 Å².